The van der Waals surface area contributed by atoms with Gasteiger partial charge in [0.25, 0.3) is 0 Å². The van der Waals surface area contributed by atoms with Crippen LogP contribution in [0.3, 0.4) is 0 Å². The second-order valence-electron chi connectivity index (χ2n) is 6.25. The number of rotatable bonds is 2. The van der Waals surface area contributed by atoms with Crippen LogP contribution in [0.5, 0.6) is 0 Å². The van der Waals surface area contributed by atoms with Gasteiger partial charge in [0.2, 0.25) is 0 Å². The Morgan fingerprint density at radius 3 is 2.48 bits per heavy atom. The monoisotopic (exact) mass is 319 g/mol. The van der Waals surface area contributed by atoms with E-state index in [0.717, 1.165) is 11.1 Å². The van der Waals surface area contributed by atoms with Gasteiger partial charge in [-0.2, -0.15) is 0 Å². The van der Waals surface area contributed by atoms with E-state index in [9.17, 15) is 4.79 Å². The van der Waals surface area contributed by atoms with Gasteiger partial charge in [0.05, 0.1) is 18.8 Å². The molecule has 4 atom stereocenters. The fourth-order valence-electron chi connectivity index (χ4n) is 3.83. The van der Waals surface area contributed by atoms with Crippen LogP contribution in [0.15, 0.2) is 18.3 Å². The van der Waals surface area contributed by atoms with E-state index in [0.29, 0.717) is 12.3 Å². The molecule has 0 saturated carbocycles. The molecule has 1 saturated heterocycles. The van der Waals surface area contributed by atoms with Gasteiger partial charge in [0.15, 0.2) is 5.79 Å². The van der Waals surface area contributed by atoms with Gasteiger partial charge in [-0.05, 0) is 31.9 Å². The second kappa shape index (κ2) is 5.80. The third-order valence-electron chi connectivity index (χ3n) is 4.52. The van der Waals surface area contributed by atoms with Gasteiger partial charge in [-0.3, -0.25) is 0 Å². The maximum Gasteiger partial charge on any atom is 0.355 e. The Balaban J connectivity index is 0.000000753. The average molecular weight is 319 g/mol. The van der Waals surface area contributed by atoms with Crippen molar-refractivity contribution in [3.8, 4) is 0 Å². The molecule has 0 amide bonds. The molecule has 4 unspecified atom stereocenters. The van der Waals surface area contributed by atoms with Crippen LogP contribution in [0.4, 0.5) is 0 Å². The zero-order valence-electron chi connectivity index (χ0n) is 14.4. The first-order valence-electron chi connectivity index (χ1n) is 8.44. The summed E-state index contributed by atoms with van der Waals surface area (Å²) in [4.78, 5) is 15.2. The number of esters is 1. The molecule has 1 fully saturated rings. The van der Waals surface area contributed by atoms with Crippen molar-refractivity contribution in [2.45, 2.75) is 64.4 Å². The molecular formula is C18H25NO4. The molecule has 0 spiro atoms. The number of aromatic amines is 1. The highest BCUT2D eigenvalue weighted by Crippen LogP contribution is 2.53. The first kappa shape index (κ1) is 16.3. The highest BCUT2D eigenvalue weighted by molar-refractivity contribution is 5.90. The Morgan fingerprint density at radius 2 is 1.83 bits per heavy atom. The molecule has 2 heterocycles. The van der Waals surface area contributed by atoms with Gasteiger partial charge in [-0.1, -0.05) is 26.0 Å². The maximum absolute atomic E-state index is 12.1. The predicted molar refractivity (Wildman–Crippen MR) is 86.5 cm³/mol. The molecule has 1 aromatic heterocycles. The molecule has 126 valence electrons. The van der Waals surface area contributed by atoms with Gasteiger partial charge in [-0.15, -0.1) is 0 Å². The van der Waals surface area contributed by atoms with Crippen molar-refractivity contribution < 1.29 is 19.0 Å². The average Bonchev–Trinajstić information content (AvgIpc) is 3.11. The van der Waals surface area contributed by atoms with Crippen molar-refractivity contribution in [1.82, 2.24) is 4.98 Å². The van der Waals surface area contributed by atoms with Crippen molar-refractivity contribution in [1.29, 1.82) is 0 Å². The fraction of sp³-hybridized carbons (Fsp3) is 0.611. The molecule has 2 bridgehead atoms. The number of carbonyl (C=O) groups is 1. The van der Waals surface area contributed by atoms with E-state index in [1.165, 1.54) is 0 Å². The molecule has 0 aromatic carbocycles. The first-order chi connectivity index (χ1) is 11.0. The summed E-state index contributed by atoms with van der Waals surface area (Å²) >= 11 is 0. The highest BCUT2D eigenvalue weighted by Gasteiger charge is 2.55. The molecular weight excluding hydrogens is 294 g/mol. The second-order valence-corrected chi connectivity index (χ2v) is 6.25. The number of nitrogens with one attached hydrogen (secondary N) is 1. The smallest absolute Gasteiger partial charge is 0.355 e. The van der Waals surface area contributed by atoms with Crippen LogP contribution < -0.4 is 0 Å². The summed E-state index contributed by atoms with van der Waals surface area (Å²) in [5, 5.41) is 0. The Kier molecular flexibility index (Phi) is 4.10. The topological polar surface area (TPSA) is 60.6 Å². The third kappa shape index (κ3) is 2.42. The number of hydrogen-bond acceptors (Lipinski definition) is 4. The van der Waals surface area contributed by atoms with E-state index < -0.39 is 5.79 Å². The third-order valence-corrected chi connectivity index (χ3v) is 4.52. The molecule has 23 heavy (non-hydrogen) atoms. The summed E-state index contributed by atoms with van der Waals surface area (Å²) in [6.45, 7) is 10.1. The Bertz CT molecular complexity index is 631. The minimum Gasteiger partial charge on any atom is -0.461 e. The molecule has 4 aliphatic rings. The Labute approximate surface area is 137 Å². The van der Waals surface area contributed by atoms with Gasteiger partial charge in [0.1, 0.15) is 5.69 Å². The van der Waals surface area contributed by atoms with Crippen LogP contribution in [0, 0.1) is 0 Å². The van der Waals surface area contributed by atoms with E-state index in [-0.39, 0.29) is 30.0 Å². The lowest BCUT2D eigenvalue weighted by Gasteiger charge is -2.39. The summed E-state index contributed by atoms with van der Waals surface area (Å²) in [7, 11) is 0. The lowest BCUT2D eigenvalue weighted by atomic mass is 9.69. The van der Waals surface area contributed by atoms with E-state index in [2.05, 4.69) is 17.1 Å². The zero-order chi connectivity index (χ0) is 16.8. The van der Waals surface area contributed by atoms with E-state index >= 15 is 0 Å². The van der Waals surface area contributed by atoms with Gasteiger partial charge in [0, 0.05) is 18.0 Å². The van der Waals surface area contributed by atoms with Crippen LogP contribution in [-0.4, -0.2) is 35.6 Å². The summed E-state index contributed by atoms with van der Waals surface area (Å²) in [6.07, 6.45) is 6.20. The summed E-state index contributed by atoms with van der Waals surface area (Å²) in [5.74, 6) is -0.692. The SMILES string of the molecule is CC.CCOC(=O)c1[nH]cc2c1C1C=CC2C2OC(C)(C)OC12. The molecule has 1 aliphatic heterocycles. The van der Waals surface area contributed by atoms with Crippen molar-refractivity contribution in [2.24, 2.45) is 0 Å². The van der Waals surface area contributed by atoms with E-state index in [4.69, 9.17) is 14.2 Å². The molecule has 1 aromatic rings. The highest BCUT2D eigenvalue weighted by atomic mass is 16.8. The van der Waals surface area contributed by atoms with Gasteiger partial charge in [-0.25, -0.2) is 4.79 Å². The Morgan fingerprint density at radius 1 is 1.22 bits per heavy atom. The number of aromatic nitrogens is 1. The van der Waals surface area contributed by atoms with Crippen molar-refractivity contribution in [2.75, 3.05) is 6.61 Å². The van der Waals surface area contributed by atoms with Gasteiger partial charge >= 0.3 is 5.97 Å². The number of carbonyl (C=O) groups excluding carboxylic acids is 1. The minimum absolute atomic E-state index is 0.0216. The minimum atomic E-state index is -0.574. The molecule has 0 radical (unpaired) electrons. The largest absolute Gasteiger partial charge is 0.461 e. The standard InChI is InChI=1S/C16H19NO4.C2H6/c1-4-19-15(18)12-11-9-6-5-8(10(11)7-17-12)13-14(9)21-16(2,3)20-13;1-2/h5-9,13-14,17H,4H2,1-3H3;1-2H3. The Hall–Kier alpha value is -1.59. The molecule has 1 N–H and O–H groups in total. The van der Waals surface area contributed by atoms with Crippen LogP contribution in [-0.2, 0) is 14.2 Å². The van der Waals surface area contributed by atoms with Crippen LogP contribution in [0.1, 0.15) is 68.1 Å². The zero-order valence-corrected chi connectivity index (χ0v) is 14.4. The van der Waals surface area contributed by atoms with Crippen LogP contribution in [0.25, 0.3) is 0 Å². The van der Waals surface area contributed by atoms with Gasteiger partial charge < -0.3 is 19.2 Å². The lowest BCUT2D eigenvalue weighted by Crippen LogP contribution is -2.41. The predicted octanol–water partition coefficient (Wildman–Crippen LogP) is 3.49. The number of H-pyrrole nitrogens is 1. The van der Waals surface area contributed by atoms with Crippen LogP contribution in [0.2, 0.25) is 0 Å². The summed E-state index contributed by atoms with van der Waals surface area (Å²) in [5.41, 5.74) is 2.70. The molecule has 3 aliphatic carbocycles. The fourth-order valence-corrected chi connectivity index (χ4v) is 3.83. The quantitative estimate of drug-likeness (QED) is 0.669. The lowest BCUT2D eigenvalue weighted by molar-refractivity contribution is -0.146. The van der Waals surface area contributed by atoms with E-state index in [1.807, 2.05) is 40.8 Å². The number of ether oxygens (including phenoxy) is 3. The summed E-state index contributed by atoms with van der Waals surface area (Å²) < 4.78 is 17.3. The van der Waals surface area contributed by atoms with Crippen LogP contribution >= 0.6 is 0 Å². The number of hydrogen-bond donors (Lipinski definition) is 1. The van der Waals surface area contributed by atoms with Crippen molar-refractivity contribution in [3.63, 3.8) is 0 Å². The van der Waals surface area contributed by atoms with Crippen molar-refractivity contribution in [3.05, 3.63) is 35.2 Å². The molecule has 5 heteroatoms. The molecule has 5 nitrogen and oxygen atoms in total. The van der Waals surface area contributed by atoms with E-state index in [1.54, 1.807) is 0 Å². The maximum atomic E-state index is 12.1. The summed E-state index contributed by atoms with van der Waals surface area (Å²) in [6, 6.07) is 0. The first-order valence-corrected chi connectivity index (χ1v) is 8.44. The molecule has 5 rings (SSSR count). The van der Waals surface area contributed by atoms with Crippen molar-refractivity contribution >= 4 is 5.97 Å². The normalized spacial score (nSPS) is 31.9.